The zero-order chi connectivity index (χ0) is 4.28. The number of amides is 1. The van der Waals surface area contributed by atoms with Gasteiger partial charge in [0.05, 0.1) is 0 Å². The van der Waals surface area contributed by atoms with Crippen molar-refractivity contribution in [3.05, 3.63) is 0 Å². The average Bonchev–Trinajstić information content (AvgIpc) is 1.38. The summed E-state index contributed by atoms with van der Waals surface area (Å²) in [4.78, 5) is 9.35. The van der Waals surface area contributed by atoms with E-state index in [1.165, 1.54) is 0 Å². The normalized spacial score (nSPS) is 4.50. The molecule has 0 fully saturated rings. The Bertz CT molecular complexity index is 83.3. The Kier molecular flexibility index (Phi) is 7.88. The van der Waals surface area contributed by atoms with Gasteiger partial charge in [-0.15, -0.1) is 6.42 Å². The number of nitrogens with two attached hydrogens (primary N) is 1. The Hall–Kier alpha value is 0.0300. The number of hydrogen-bond acceptors (Lipinski definition) is 1. The molecule has 0 saturated carbocycles. The van der Waals surface area contributed by atoms with E-state index >= 15 is 0 Å². The Balaban J connectivity index is 0. The SMILES string of the molecule is C#CC(N)=O.[NaH]. The minimum absolute atomic E-state index is 0. The van der Waals surface area contributed by atoms with E-state index in [1.54, 1.807) is 5.92 Å². The molecule has 0 heterocycles. The van der Waals surface area contributed by atoms with Crippen molar-refractivity contribution in [2.24, 2.45) is 5.73 Å². The van der Waals surface area contributed by atoms with Crippen LogP contribution in [0.3, 0.4) is 0 Å². The van der Waals surface area contributed by atoms with Crippen LogP contribution < -0.4 is 5.73 Å². The molecule has 0 bridgehead atoms. The van der Waals surface area contributed by atoms with Gasteiger partial charge in [0.15, 0.2) is 0 Å². The number of rotatable bonds is 0. The predicted molar refractivity (Wildman–Crippen MR) is 25.2 cm³/mol. The van der Waals surface area contributed by atoms with E-state index in [9.17, 15) is 4.79 Å². The second-order valence-electron chi connectivity index (χ2n) is 0.509. The Morgan fingerprint density at radius 3 is 2.00 bits per heavy atom. The van der Waals surface area contributed by atoms with Crippen molar-refractivity contribution in [2.75, 3.05) is 0 Å². The Morgan fingerprint density at radius 1 is 1.83 bits per heavy atom. The third-order valence-corrected chi connectivity index (χ3v) is 0.142. The number of hydrogen-bond donors (Lipinski definition) is 1. The van der Waals surface area contributed by atoms with E-state index in [4.69, 9.17) is 0 Å². The van der Waals surface area contributed by atoms with Gasteiger partial charge >= 0.3 is 29.6 Å². The van der Waals surface area contributed by atoms with Crippen molar-refractivity contribution in [1.82, 2.24) is 0 Å². The summed E-state index contributed by atoms with van der Waals surface area (Å²) in [6.45, 7) is 0. The first kappa shape index (κ1) is 9.39. The molecule has 0 atom stereocenters. The van der Waals surface area contributed by atoms with Crippen LogP contribution in [0.5, 0.6) is 0 Å². The van der Waals surface area contributed by atoms with Crippen LogP contribution in [0.4, 0.5) is 0 Å². The van der Waals surface area contributed by atoms with Crippen LogP contribution in [0.25, 0.3) is 0 Å². The third kappa shape index (κ3) is 8.98. The van der Waals surface area contributed by atoms with Crippen LogP contribution in [0.2, 0.25) is 0 Å². The Morgan fingerprint density at radius 2 is 2.00 bits per heavy atom. The van der Waals surface area contributed by atoms with Crippen LogP contribution in [-0.2, 0) is 4.79 Å². The standard InChI is InChI=1S/C3H3NO.Na.H/c1-2-3(4)5;;/h1H,(H2,4,5);;. The monoisotopic (exact) mass is 93.0 g/mol. The van der Waals surface area contributed by atoms with Gasteiger partial charge in [0.1, 0.15) is 0 Å². The summed E-state index contributed by atoms with van der Waals surface area (Å²) in [5.41, 5.74) is 4.42. The molecule has 1 amide bonds. The zero-order valence-corrected chi connectivity index (χ0v) is 2.56. The molecule has 6 heavy (non-hydrogen) atoms. The summed E-state index contributed by atoms with van der Waals surface area (Å²) in [5, 5.41) is 0. The van der Waals surface area contributed by atoms with E-state index in [0.717, 1.165) is 0 Å². The summed E-state index contributed by atoms with van der Waals surface area (Å²) in [6, 6.07) is 0. The fraction of sp³-hybridized carbons (Fsp3) is 0. The van der Waals surface area contributed by atoms with E-state index in [2.05, 4.69) is 12.2 Å². The Labute approximate surface area is 58.4 Å². The summed E-state index contributed by atoms with van der Waals surface area (Å²) >= 11 is 0. The number of carbonyl (C=O) groups is 1. The predicted octanol–water partition coefficient (Wildman–Crippen LogP) is -1.54. The van der Waals surface area contributed by atoms with Gasteiger partial charge in [0.25, 0.3) is 5.91 Å². The van der Waals surface area contributed by atoms with Crippen LogP contribution in [0.15, 0.2) is 0 Å². The first-order valence-electron chi connectivity index (χ1n) is 1.03. The van der Waals surface area contributed by atoms with Gasteiger partial charge in [-0.1, -0.05) is 0 Å². The quantitative estimate of drug-likeness (QED) is 0.286. The summed E-state index contributed by atoms with van der Waals surface area (Å²) < 4.78 is 0. The molecular formula is C3H4NNaO. The van der Waals surface area contributed by atoms with Gasteiger partial charge < -0.3 is 5.73 Å². The molecule has 0 aromatic rings. The van der Waals surface area contributed by atoms with Gasteiger partial charge in [0, 0.05) is 0 Å². The first-order chi connectivity index (χ1) is 2.27. The average molecular weight is 93.1 g/mol. The molecule has 0 unspecified atom stereocenters. The molecule has 0 aromatic carbocycles. The van der Waals surface area contributed by atoms with E-state index in [-0.39, 0.29) is 29.6 Å². The number of terminal acetylenes is 1. The topological polar surface area (TPSA) is 43.1 Å². The van der Waals surface area contributed by atoms with Crippen molar-refractivity contribution >= 4 is 35.5 Å². The summed E-state index contributed by atoms with van der Waals surface area (Å²) in [6.07, 6.45) is 4.45. The minimum atomic E-state index is -0.718. The van der Waals surface area contributed by atoms with Gasteiger partial charge in [-0.25, -0.2) is 0 Å². The van der Waals surface area contributed by atoms with Crippen LogP contribution >= 0.6 is 0 Å². The van der Waals surface area contributed by atoms with Crippen molar-refractivity contribution in [3.63, 3.8) is 0 Å². The second-order valence-corrected chi connectivity index (χ2v) is 0.509. The van der Waals surface area contributed by atoms with Crippen molar-refractivity contribution < 1.29 is 4.79 Å². The second kappa shape index (κ2) is 5.03. The molecule has 3 heteroatoms. The third-order valence-electron chi connectivity index (χ3n) is 0.142. The van der Waals surface area contributed by atoms with E-state index in [1.807, 2.05) is 0 Å². The molecule has 0 rings (SSSR count). The van der Waals surface area contributed by atoms with Gasteiger partial charge in [-0.2, -0.15) is 0 Å². The molecule has 28 valence electrons. The fourth-order valence-corrected chi connectivity index (χ4v) is 0. The molecule has 2 nitrogen and oxygen atoms in total. The maximum atomic E-state index is 9.35. The molecule has 0 aromatic heterocycles. The molecule has 0 aliphatic heterocycles. The molecule has 0 aliphatic carbocycles. The zero-order valence-electron chi connectivity index (χ0n) is 2.56. The van der Waals surface area contributed by atoms with Gasteiger partial charge in [-0.05, 0) is 5.92 Å². The van der Waals surface area contributed by atoms with E-state index in [0.29, 0.717) is 0 Å². The van der Waals surface area contributed by atoms with Crippen molar-refractivity contribution in [3.8, 4) is 12.3 Å². The van der Waals surface area contributed by atoms with Crippen LogP contribution in [-0.4, -0.2) is 35.5 Å². The van der Waals surface area contributed by atoms with Crippen molar-refractivity contribution in [2.45, 2.75) is 0 Å². The summed E-state index contributed by atoms with van der Waals surface area (Å²) in [7, 11) is 0. The number of primary amides is 1. The van der Waals surface area contributed by atoms with Gasteiger partial charge in [0.2, 0.25) is 0 Å². The van der Waals surface area contributed by atoms with Crippen molar-refractivity contribution in [1.29, 1.82) is 0 Å². The molecule has 0 radical (unpaired) electrons. The molecule has 0 aliphatic rings. The van der Waals surface area contributed by atoms with Gasteiger partial charge in [-0.3, -0.25) is 4.79 Å². The summed E-state index contributed by atoms with van der Waals surface area (Å²) in [5.74, 6) is 0.949. The van der Waals surface area contributed by atoms with E-state index < -0.39 is 5.91 Å². The molecule has 0 spiro atoms. The molecule has 0 saturated heterocycles. The van der Waals surface area contributed by atoms with Crippen LogP contribution in [0.1, 0.15) is 0 Å². The fourth-order valence-electron chi connectivity index (χ4n) is 0. The number of carbonyl (C=O) groups excluding carboxylic acids is 1. The maximum absolute atomic E-state index is 9.35. The van der Waals surface area contributed by atoms with Crippen LogP contribution in [0, 0.1) is 12.3 Å². The molecular weight excluding hydrogens is 89.0 g/mol. The molecule has 2 N–H and O–H groups in total. The first-order valence-corrected chi connectivity index (χ1v) is 1.03.